The molecule has 1 aliphatic heterocycles. The van der Waals surface area contributed by atoms with Crippen molar-refractivity contribution >= 4 is 35.3 Å². The van der Waals surface area contributed by atoms with E-state index in [1.807, 2.05) is 36.5 Å². The Morgan fingerprint density at radius 3 is 3.00 bits per heavy atom. The van der Waals surface area contributed by atoms with Gasteiger partial charge in [-0.3, -0.25) is 0 Å². The lowest BCUT2D eigenvalue weighted by Gasteiger charge is -2.21. The Morgan fingerprint density at radius 1 is 1.53 bits per heavy atom. The lowest BCUT2D eigenvalue weighted by atomic mass is 10.2. The molecule has 0 saturated carbocycles. The number of aromatic nitrogens is 1. The van der Waals surface area contributed by atoms with Crippen LogP contribution in [0.3, 0.4) is 0 Å². The van der Waals surface area contributed by atoms with Crippen LogP contribution in [0, 0.1) is 6.92 Å². The van der Waals surface area contributed by atoms with Gasteiger partial charge in [0.1, 0.15) is 5.82 Å². The normalized spacial score (nSPS) is 18.9. The van der Waals surface area contributed by atoms with Crippen LogP contribution in [0.4, 0.5) is 5.82 Å². The van der Waals surface area contributed by atoms with Crippen LogP contribution in [0.5, 0.6) is 0 Å². The van der Waals surface area contributed by atoms with E-state index in [9.17, 15) is 4.79 Å². The highest BCUT2D eigenvalue weighted by Crippen LogP contribution is 2.24. The second-order valence-corrected chi connectivity index (χ2v) is 6.83. The summed E-state index contributed by atoms with van der Waals surface area (Å²) in [5, 5.41) is 3.98. The highest BCUT2D eigenvalue weighted by atomic mass is 32.2. The number of nitrogens with zero attached hydrogens (tertiary/aromatic N) is 1. The summed E-state index contributed by atoms with van der Waals surface area (Å²) in [6.07, 6.45) is 0. The first-order valence-electron chi connectivity index (χ1n) is 6.20. The molecule has 104 valence electrons. The zero-order chi connectivity index (χ0) is 13.7. The Hall–Kier alpha value is -0.880. The number of methoxy groups -OCH3 is 1. The Balaban J connectivity index is 1.94. The molecule has 1 atom stereocenters. The second-order valence-electron chi connectivity index (χ2n) is 4.27. The minimum Gasteiger partial charge on any atom is -0.465 e. The van der Waals surface area contributed by atoms with Crippen LogP contribution < -0.4 is 5.32 Å². The number of anilines is 1. The number of aryl methyl sites for hydroxylation is 1. The van der Waals surface area contributed by atoms with Crippen molar-refractivity contribution in [1.29, 1.82) is 0 Å². The molecule has 6 heteroatoms. The first-order chi connectivity index (χ1) is 9.20. The van der Waals surface area contributed by atoms with Crippen LogP contribution in [0.15, 0.2) is 12.1 Å². The number of hydrogen-bond acceptors (Lipinski definition) is 6. The van der Waals surface area contributed by atoms with E-state index >= 15 is 0 Å². The van der Waals surface area contributed by atoms with E-state index < -0.39 is 0 Å². The molecule has 1 N–H and O–H groups in total. The van der Waals surface area contributed by atoms with Crippen molar-refractivity contribution in [2.45, 2.75) is 12.2 Å². The molecule has 0 spiro atoms. The molecular formula is C13H18N2O2S2. The van der Waals surface area contributed by atoms with Crippen molar-refractivity contribution in [2.75, 3.05) is 36.2 Å². The number of ether oxygens (including phenoxy) is 1. The maximum atomic E-state index is 11.5. The van der Waals surface area contributed by atoms with Crippen LogP contribution in [0.2, 0.25) is 0 Å². The van der Waals surface area contributed by atoms with Gasteiger partial charge >= 0.3 is 5.97 Å². The van der Waals surface area contributed by atoms with E-state index in [-0.39, 0.29) is 5.97 Å². The maximum Gasteiger partial charge on any atom is 0.339 e. The third-order valence-electron chi connectivity index (χ3n) is 2.89. The van der Waals surface area contributed by atoms with Crippen LogP contribution in [-0.4, -0.2) is 47.1 Å². The summed E-state index contributed by atoms with van der Waals surface area (Å²) in [7, 11) is 1.38. The monoisotopic (exact) mass is 298 g/mol. The predicted octanol–water partition coefficient (Wildman–Crippen LogP) is 2.44. The van der Waals surface area contributed by atoms with Gasteiger partial charge in [-0.2, -0.15) is 23.5 Å². The van der Waals surface area contributed by atoms with Crippen molar-refractivity contribution < 1.29 is 9.53 Å². The van der Waals surface area contributed by atoms with Gasteiger partial charge in [-0.05, 0) is 19.1 Å². The molecule has 1 aromatic rings. The van der Waals surface area contributed by atoms with Gasteiger partial charge in [-0.1, -0.05) is 0 Å². The van der Waals surface area contributed by atoms with Crippen molar-refractivity contribution in [3.05, 3.63) is 23.4 Å². The fourth-order valence-electron chi connectivity index (χ4n) is 1.86. The van der Waals surface area contributed by atoms with Crippen LogP contribution in [0.25, 0.3) is 0 Å². The van der Waals surface area contributed by atoms with Crippen LogP contribution in [0.1, 0.15) is 16.1 Å². The van der Waals surface area contributed by atoms with Crippen LogP contribution in [-0.2, 0) is 4.74 Å². The number of esters is 1. The number of nitrogens with one attached hydrogen (secondary N) is 1. The first-order valence-corrected chi connectivity index (χ1v) is 8.40. The van der Waals surface area contributed by atoms with Gasteiger partial charge in [0, 0.05) is 29.1 Å². The second kappa shape index (κ2) is 7.05. The van der Waals surface area contributed by atoms with E-state index in [0.29, 0.717) is 16.5 Å². The molecule has 0 radical (unpaired) electrons. The van der Waals surface area contributed by atoms with Gasteiger partial charge in [0.25, 0.3) is 0 Å². The quantitative estimate of drug-likeness (QED) is 0.862. The zero-order valence-corrected chi connectivity index (χ0v) is 12.8. The number of thioether (sulfide) groups is 2. The number of rotatable bonds is 4. The average Bonchev–Trinajstić information content (AvgIpc) is 2.45. The summed E-state index contributed by atoms with van der Waals surface area (Å²) in [5.41, 5.74) is 1.22. The maximum absolute atomic E-state index is 11.5. The standard InChI is InChI=1S/C13H18N2O2S2/c1-9-11(13(16)17-2)3-4-12(15-9)14-7-10-8-18-5-6-19-10/h3-4,10H,5-8H2,1-2H3,(H,14,15). The average molecular weight is 298 g/mol. The molecule has 1 saturated heterocycles. The predicted molar refractivity (Wildman–Crippen MR) is 82.4 cm³/mol. The lowest BCUT2D eigenvalue weighted by molar-refractivity contribution is 0.0599. The number of carbonyl (C=O) groups excluding carboxylic acids is 1. The molecule has 0 aromatic carbocycles. The van der Waals surface area contributed by atoms with E-state index in [1.165, 1.54) is 24.4 Å². The molecule has 4 nitrogen and oxygen atoms in total. The summed E-state index contributed by atoms with van der Waals surface area (Å²) in [4.78, 5) is 15.9. The van der Waals surface area contributed by atoms with Crippen LogP contribution >= 0.6 is 23.5 Å². The van der Waals surface area contributed by atoms with Crippen molar-refractivity contribution in [2.24, 2.45) is 0 Å². The molecule has 2 rings (SSSR count). The topological polar surface area (TPSA) is 51.2 Å². The number of hydrogen-bond donors (Lipinski definition) is 1. The minimum absolute atomic E-state index is 0.337. The fraction of sp³-hybridized carbons (Fsp3) is 0.538. The zero-order valence-electron chi connectivity index (χ0n) is 11.1. The number of carbonyl (C=O) groups is 1. The van der Waals surface area contributed by atoms with Gasteiger partial charge in [0.05, 0.1) is 18.4 Å². The third kappa shape index (κ3) is 4.04. The van der Waals surface area contributed by atoms with E-state index in [2.05, 4.69) is 10.3 Å². The van der Waals surface area contributed by atoms with Gasteiger partial charge < -0.3 is 10.1 Å². The third-order valence-corrected chi connectivity index (χ3v) is 5.73. The Labute approximate surface area is 122 Å². The van der Waals surface area contributed by atoms with Crippen molar-refractivity contribution in [1.82, 2.24) is 4.98 Å². The highest BCUT2D eigenvalue weighted by Gasteiger charge is 2.15. The molecule has 0 amide bonds. The van der Waals surface area contributed by atoms with Crippen molar-refractivity contribution in [3.63, 3.8) is 0 Å². The largest absolute Gasteiger partial charge is 0.465 e. The summed E-state index contributed by atoms with van der Waals surface area (Å²) < 4.78 is 4.71. The smallest absolute Gasteiger partial charge is 0.339 e. The minimum atomic E-state index is -0.337. The van der Waals surface area contributed by atoms with Gasteiger partial charge in [0.2, 0.25) is 0 Å². The molecule has 1 aromatic heterocycles. The van der Waals surface area contributed by atoms with Gasteiger partial charge in [-0.15, -0.1) is 0 Å². The van der Waals surface area contributed by atoms with Gasteiger partial charge in [-0.25, -0.2) is 9.78 Å². The molecule has 0 bridgehead atoms. The molecule has 0 aliphatic carbocycles. The first kappa shape index (κ1) is 14.5. The van der Waals surface area contributed by atoms with Gasteiger partial charge in [0.15, 0.2) is 0 Å². The summed E-state index contributed by atoms with van der Waals surface area (Å²) >= 11 is 4.02. The molecular weight excluding hydrogens is 280 g/mol. The summed E-state index contributed by atoms with van der Waals surface area (Å²) in [5.74, 6) is 4.16. The molecule has 1 unspecified atom stereocenters. The SMILES string of the molecule is COC(=O)c1ccc(NCC2CSCCS2)nc1C. The Morgan fingerprint density at radius 2 is 2.37 bits per heavy atom. The summed E-state index contributed by atoms with van der Waals surface area (Å²) in [6, 6.07) is 3.60. The molecule has 1 fully saturated rings. The summed E-state index contributed by atoms with van der Waals surface area (Å²) in [6.45, 7) is 2.74. The highest BCUT2D eigenvalue weighted by molar-refractivity contribution is 8.06. The Kier molecular flexibility index (Phi) is 5.39. The fourth-order valence-corrected chi connectivity index (χ4v) is 4.47. The number of pyridine rings is 1. The van der Waals surface area contributed by atoms with E-state index in [4.69, 9.17) is 4.74 Å². The Bertz CT molecular complexity index is 448. The van der Waals surface area contributed by atoms with E-state index in [0.717, 1.165) is 12.4 Å². The molecule has 1 aliphatic rings. The van der Waals surface area contributed by atoms with E-state index in [1.54, 1.807) is 6.07 Å². The van der Waals surface area contributed by atoms with Crippen molar-refractivity contribution in [3.8, 4) is 0 Å². The molecule has 2 heterocycles. The molecule has 19 heavy (non-hydrogen) atoms. The lowest BCUT2D eigenvalue weighted by Crippen LogP contribution is -2.23.